The van der Waals surface area contributed by atoms with Gasteiger partial charge in [-0.15, -0.1) is 0 Å². The van der Waals surface area contributed by atoms with Crippen molar-refractivity contribution in [3.63, 3.8) is 0 Å². The SMILES string of the molecule is Cc1cc(-c2noc(C(F)(F)F)n2)cc(C)c1OCCCc1ccc(C2(C)OCCO2)o1. The molecule has 32 heavy (non-hydrogen) atoms. The van der Waals surface area contributed by atoms with E-state index in [1.54, 1.807) is 12.1 Å². The smallest absolute Gasteiger partial charge is 0.471 e. The molecule has 3 heterocycles. The molecule has 1 saturated heterocycles. The highest BCUT2D eigenvalue weighted by Crippen LogP contribution is 2.33. The molecule has 3 aromatic rings. The zero-order valence-electron chi connectivity index (χ0n) is 17.9. The van der Waals surface area contributed by atoms with Gasteiger partial charge in [0.05, 0.1) is 19.8 Å². The van der Waals surface area contributed by atoms with Gasteiger partial charge < -0.3 is 23.2 Å². The third-order valence-electron chi connectivity index (χ3n) is 5.15. The molecule has 0 N–H and O–H groups in total. The molecule has 1 aromatic carbocycles. The lowest BCUT2D eigenvalue weighted by atomic mass is 10.1. The first kappa shape index (κ1) is 22.3. The molecule has 0 saturated carbocycles. The summed E-state index contributed by atoms with van der Waals surface area (Å²) in [6.07, 6.45) is -3.29. The summed E-state index contributed by atoms with van der Waals surface area (Å²) in [6.45, 7) is 6.98. The maximum absolute atomic E-state index is 12.7. The molecular weight excluding hydrogens is 429 g/mol. The minimum Gasteiger partial charge on any atom is -0.493 e. The molecule has 10 heteroatoms. The number of rotatable bonds is 7. The topological polar surface area (TPSA) is 79.8 Å². The van der Waals surface area contributed by atoms with Crippen LogP contribution in [0.1, 0.15) is 41.9 Å². The maximum atomic E-state index is 12.7. The number of hydrogen-bond donors (Lipinski definition) is 0. The molecule has 0 unspecified atom stereocenters. The van der Waals surface area contributed by atoms with Crippen LogP contribution >= 0.6 is 0 Å². The molecule has 7 nitrogen and oxygen atoms in total. The highest BCUT2D eigenvalue weighted by atomic mass is 19.4. The number of ether oxygens (including phenoxy) is 3. The highest BCUT2D eigenvalue weighted by molar-refractivity contribution is 5.61. The molecule has 172 valence electrons. The number of aromatic nitrogens is 2. The Labute approximate surface area is 182 Å². The molecule has 0 spiro atoms. The van der Waals surface area contributed by atoms with E-state index in [0.29, 0.717) is 49.7 Å². The summed E-state index contributed by atoms with van der Waals surface area (Å²) in [7, 11) is 0. The van der Waals surface area contributed by atoms with Crippen molar-refractivity contribution in [2.24, 2.45) is 0 Å². The predicted molar refractivity (Wildman–Crippen MR) is 106 cm³/mol. The normalized spacial score (nSPS) is 15.9. The van der Waals surface area contributed by atoms with Crippen LogP contribution in [0.3, 0.4) is 0 Å². The van der Waals surface area contributed by atoms with Gasteiger partial charge in [-0.3, -0.25) is 0 Å². The number of furan rings is 1. The largest absolute Gasteiger partial charge is 0.493 e. The summed E-state index contributed by atoms with van der Waals surface area (Å²) in [5.41, 5.74) is 1.96. The van der Waals surface area contributed by atoms with Crippen LogP contribution in [-0.2, 0) is 27.9 Å². The van der Waals surface area contributed by atoms with Crippen molar-refractivity contribution in [1.82, 2.24) is 10.1 Å². The van der Waals surface area contributed by atoms with Gasteiger partial charge in [-0.1, -0.05) is 5.16 Å². The van der Waals surface area contributed by atoms with Gasteiger partial charge in [0, 0.05) is 12.0 Å². The summed E-state index contributed by atoms with van der Waals surface area (Å²) in [4.78, 5) is 3.44. The Morgan fingerprint density at radius 1 is 1.09 bits per heavy atom. The fraction of sp³-hybridized carbons (Fsp3) is 0.455. The third-order valence-corrected chi connectivity index (χ3v) is 5.15. The van der Waals surface area contributed by atoms with Crippen molar-refractivity contribution >= 4 is 0 Å². The number of aryl methyl sites for hydroxylation is 3. The van der Waals surface area contributed by atoms with Crippen LogP contribution in [0.4, 0.5) is 13.2 Å². The van der Waals surface area contributed by atoms with Crippen LogP contribution in [-0.4, -0.2) is 30.0 Å². The lowest BCUT2D eigenvalue weighted by molar-refractivity contribution is -0.163. The fourth-order valence-corrected chi connectivity index (χ4v) is 3.60. The van der Waals surface area contributed by atoms with Gasteiger partial charge in [0.15, 0.2) is 5.76 Å². The Balaban J connectivity index is 1.35. The number of halogens is 3. The Hall–Kier alpha value is -2.85. The van der Waals surface area contributed by atoms with Crippen LogP contribution in [0.25, 0.3) is 11.4 Å². The molecule has 0 aliphatic carbocycles. The van der Waals surface area contributed by atoms with Crippen LogP contribution < -0.4 is 4.74 Å². The molecule has 1 aliphatic heterocycles. The van der Waals surface area contributed by atoms with Crippen LogP contribution in [0.5, 0.6) is 5.75 Å². The van der Waals surface area contributed by atoms with Gasteiger partial charge >= 0.3 is 12.1 Å². The average molecular weight is 452 g/mol. The van der Waals surface area contributed by atoms with Gasteiger partial charge in [0.25, 0.3) is 0 Å². The second-order valence-corrected chi connectivity index (χ2v) is 7.72. The molecule has 0 atom stereocenters. The van der Waals surface area contributed by atoms with Crippen molar-refractivity contribution in [2.45, 2.75) is 45.6 Å². The number of nitrogens with zero attached hydrogens (tertiary/aromatic N) is 2. The lowest BCUT2D eigenvalue weighted by Gasteiger charge is -2.19. The molecule has 0 radical (unpaired) electrons. The van der Waals surface area contributed by atoms with Gasteiger partial charge in [0.1, 0.15) is 11.5 Å². The summed E-state index contributed by atoms with van der Waals surface area (Å²) >= 11 is 0. The van der Waals surface area contributed by atoms with Gasteiger partial charge in [-0.25, -0.2) is 0 Å². The van der Waals surface area contributed by atoms with Gasteiger partial charge in [-0.2, -0.15) is 18.2 Å². The van der Waals surface area contributed by atoms with Crippen molar-refractivity contribution in [3.8, 4) is 17.1 Å². The van der Waals surface area contributed by atoms with Crippen molar-refractivity contribution in [2.75, 3.05) is 19.8 Å². The third kappa shape index (κ3) is 4.66. The maximum Gasteiger partial charge on any atom is 0.471 e. The fourth-order valence-electron chi connectivity index (χ4n) is 3.60. The second kappa shape index (κ2) is 8.59. The molecule has 2 aromatic heterocycles. The molecule has 1 aliphatic rings. The van der Waals surface area contributed by atoms with E-state index >= 15 is 0 Å². The van der Waals surface area contributed by atoms with Gasteiger partial charge in [-0.05, 0) is 62.6 Å². The molecule has 1 fully saturated rings. The van der Waals surface area contributed by atoms with Crippen molar-refractivity contribution in [1.29, 1.82) is 0 Å². The zero-order valence-corrected chi connectivity index (χ0v) is 17.9. The Kier molecular flexibility index (Phi) is 6.00. The zero-order chi connectivity index (χ0) is 22.9. The average Bonchev–Trinajstić information content (AvgIpc) is 3.47. The first-order valence-corrected chi connectivity index (χ1v) is 10.2. The summed E-state index contributed by atoms with van der Waals surface area (Å²) < 4.78 is 65.4. The summed E-state index contributed by atoms with van der Waals surface area (Å²) in [5.74, 6) is -0.191. The predicted octanol–water partition coefficient (Wildman–Crippen LogP) is 5.20. The molecular formula is C22H23F3N2O5. The summed E-state index contributed by atoms with van der Waals surface area (Å²) in [6, 6.07) is 7.11. The van der Waals surface area contributed by atoms with Crippen LogP contribution in [0.2, 0.25) is 0 Å². The Morgan fingerprint density at radius 3 is 2.41 bits per heavy atom. The van der Waals surface area contributed by atoms with E-state index in [9.17, 15) is 13.2 Å². The Bertz CT molecular complexity index is 1060. The quantitative estimate of drug-likeness (QED) is 0.456. The monoisotopic (exact) mass is 452 g/mol. The van der Waals surface area contributed by atoms with Crippen LogP contribution in [0, 0.1) is 13.8 Å². The number of hydrogen-bond acceptors (Lipinski definition) is 7. The van der Waals surface area contributed by atoms with E-state index in [4.69, 9.17) is 18.6 Å². The standard InChI is InChI=1S/C22H23F3N2O5/c1-13-11-15(19-26-20(32-27-19)22(23,24)25)12-14(2)18(13)28-8-4-5-16-6-7-17(31-16)21(3)29-9-10-30-21/h6-7,11-12H,4-5,8-10H2,1-3H3. The number of benzene rings is 1. The first-order valence-electron chi connectivity index (χ1n) is 10.2. The van der Waals surface area contributed by atoms with E-state index in [0.717, 1.165) is 16.9 Å². The molecule has 0 bridgehead atoms. The van der Waals surface area contributed by atoms with Crippen molar-refractivity contribution in [3.05, 3.63) is 52.8 Å². The van der Waals surface area contributed by atoms with E-state index in [-0.39, 0.29) is 5.82 Å². The van der Waals surface area contributed by atoms with E-state index in [1.807, 2.05) is 32.9 Å². The minimum absolute atomic E-state index is 0.118. The molecule has 0 amide bonds. The summed E-state index contributed by atoms with van der Waals surface area (Å²) in [5, 5.41) is 3.43. The second-order valence-electron chi connectivity index (χ2n) is 7.72. The Morgan fingerprint density at radius 2 is 1.78 bits per heavy atom. The number of alkyl halides is 3. The highest BCUT2D eigenvalue weighted by Gasteiger charge is 2.38. The molecule has 4 rings (SSSR count). The minimum atomic E-state index is -4.68. The van der Waals surface area contributed by atoms with Crippen molar-refractivity contribution < 1.29 is 36.3 Å². The van der Waals surface area contributed by atoms with E-state index in [2.05, 4.69) is 14.7 Å². The first-order chi connectivity index (χ1) is 15.2. The lowest BCUT2D eigenvalue weighted by Crippen LogP contribution is -2.21. The van der Waals surface area contributed by atoms with E-state index < -0.39 is 17.9 Å². The van der Waals surface area contributed by atoms with E-state index in [1.165, 1.54) is 0 Å². The van der Waals surface area contributed by atoms with Gasteiger partial charge in [0.2, 0.25) is 11.6 Å². The van der Waals surface area contributed by atoms with Crippen LogP contribution in [0.15, 0.2) is 33.2 Å².